The first-order valence-corrected chi connectivity index (χ1v) is 5.56. The van der Waals surface area contributed by atoms with Gasteiger partial charge in [-0.05, 0) is 37.9 Å². The summed E-state index contributed by atoms with van der Waals surface area (Å²) in [6.07, 6.45) is 0. The SMILES string of the molecule is N#Cc1cc(Br)c2nsnc2c1Br. The molecular weight excluding hydrogens is 318 g/mol. The quantitative estimate of drug-likeness (QED) is 0.750. The van der Waals surface area contributed by atoms with Crippen LogP contribution in [0.3, 0.4) is 0 Å². The molecule has 2 aromatic rings. The minimum absolute atomic E-state index is 0.562. The number of halogens is 2. The Labute approximate surface area is 95.0 Å². The molecule has 0 aliphatic rings. The summed E-state index contributed by atoms with van der Waals surface area (Å²) in [5, 5.41) is 8.79. The number of nitrogens with zero attached hydrogens (tertiary/aromatic N) is 3. The van der Waals surface area contributed by atoms with E-state index in [2.05, 4.69) is 46.7 Å². The van der Waals surface area contributed by atoms with Crippen LogP contribution in [-0.2, 0) is 0 Å². The van der Waals surface area contributed by atoms with E-state index in [0.717, 1.165) is 27.2 Å². The maximum Gasteiger partial charge on any atom is 0.121 e. The molecule has 0 bridgehead atoms. The smallest absolute Gasteiger partial charge is 0.121 e. The lowest BCUT2D eigenvalue weighted by atomic mass is 10.2. The maximum atomic E-state index is 8.79. The standard InChI is InChI=1S/C7HBr2N3S/c8-4-1-3(2-10)5(9)7-6(4)11-13-12-7/h1H. The molecule has 0 unspecified atom stereocenters. The first-order valence-electron chi connectivity index (χ1n) is 3.24. The fourth-order valence-corrected chi connectivity index (χ4v) is 2.74. The maximum absolute atomic E-state index is 8.79. The van der Waals surface area contributed by atoms with E-state index in [1.165, 1.54) is 0 Å². The van der Waals surface area contributed by atoms with Crippen LogP contribution in [-0.4, -0.2) is 8.75 Å². The van der Waals surface area contributed by atoms with E-state index in [9.17, 15) is 0 Å². The van der Waals surface area contributed by atoms with Crippen molar-refractivity contribution in [2.45, 2.75) is 0 Å². The van der Waals surface area contributed by atoms with Gasteiger partial charge in [0.25, 0.3) is 0 Å². The Hall–Kier alpha value is -0.510. The van der Waals surface area contributed by atoms with E-state index in [-0.39, 0.29) is 0 Å². The van der Waals surface area contributed by atoms with Gasteiger partial charge in [0.1, 0.15) is 17.1 Å². The van der Waals surface area contributed by atoms with Crippen molar-refractivity contribution in [2.24, 2.45) is 0 Å². The molecule has 2 rings (SSSR count). The highest BCUT2D eigenvalue weighted by Crippen LogP contribution is 2.31. The molecule has 3 nitrogen and oxygen atoms in total. The fraction of sp³-hybridized carbons (Fsp3) is 0. The number of hydrogen-bond donors (Lipinski definition) is 0. The molecule has 0 aliphatic carbocycles. The third kappa shape index (κ3) is 1.37. The van der Waals surface area contributed by atoms with Crippen LogP contribution < -0.4 is 0 Å². The highest BCUT2D eigenvalue weighted by atomic mass is 79.9. The van der Waals surface area contributed by atoms with Gasteiger partial charge in [-0.15, -0.1) is 0 Å². The Morgan fingerprint density at radius 3 is 2.69 bits per heavy atom. The molecule has 13 heavy (non-hydrogen) atoms. The Kier molecular flexibility index (Phi) is 2.32. The Bertz CT molecular complexity index is 514. The van der Waals surface area contributed by atoms with Crippen LogP contribution in [0.4, 0.5) is 0 Å². The van der Waals surface area contributed by atoms with Gasteiger partial charge in [-0.1, -0.05) is 0 Å². The number of hydrogen-bond acceptors (Lipinski definition) is 4. The molecule has 0 amide bonds. The monoisotopic (exact) mass is 317 g/mol. The van der Waals surface area contributed by atoms with Crippen molar-refractivity contribution in [1.29, 1.82) is 5.26 Å². The van der Waals surface area contributed by atoms with Gasteiger partial charge in [-0.2, -0.15) is 14.0 Å². The van der Waals surface area contributed by atoms with Crippen molar-refractivity contribution in [3.05, 3.63) is 20.6 Å². The van der Waals surface area contributed by atoms with Crippen molar-refractivity contribution in [2.75, 3.05) is 0 Å². The molecular formula is C7HBr2N3S. The predicted octanol–water partition coefficient (Wildman–Crippen LogP) is 3.09. The summed E-state index contributed by atoms with van der Waals surface area (Å²) in [6.45, 7) is 0. The summed E-state index contributed by atoms with van der Waals surface area (Å²) in [4.78, 5) is 0. The van der Waals surface area contributed by atoms with Gasteiger partial charge in [-0.25, -0.2) is 0 Å². The highest BCUT2D eigenvalue weighted by Gasteiger charge is 2.11. The Morgan fingerprint density at radius 2 is 2.00 bits per heavy atom. The normalized spacial score (nSPS) is 10.2. The average molecular weight is 319 g/mol. The number of rotatable bonds is 0. The van der Waals surface area contributed by atoms with Gasteiger partial charge >= 0.3 is 0 Å². The molecule has 0 fully saturated rings. The minimum Gasteiger partial charge on any atom is -0.192 e. The lowest BCUT2D eigenvalue weighted by molar-refractivity contribution is 1.46. The van der Waals surface area contributed by atoms with Crippen molar-refractivity contribution >= 4 is 54.6 Å². The summed E-state index contributed by atoms with van der Waals surface area (Å²) < 4.78 is 9.70. The van der Waals surface area contributed by atoms with E-state index >= 15 is 0 Å². The van der Waals surface area contributed by atoms with Gasteiger partial charge in [0.15, 0.2) is 0 Å². The molecule has 0 spiro atoms. The minimum atomic E-state index is 0.562. The second-order valence-corrected chi connectivity index (χ2v) is 4.47. The van der Waals surface area contributed by atoms with Gasteiger partial charge in [-0.3, -0.25) is 0 Å². The molecule has 0 saturated heterocycles. The van der Waals surface area contributed by atoms with Crippen molar-refractivity contribution in [3.63, 3.8) is 0 Å². The number of nitriles is 1. The number of benzene rings is 1. The van der Waals surface area contributed by atoms with Gasteiger partial charge in [0.2, 0.25) is 0 Å². The zero-order valence-corrected chi connectivity index (χ0v) is 10.1. The van der Waals surface area contributed by atoms with Crippen LogP contribution in [0.1, 0.15) is 5.56 Å². The molecule has 0 atom stereocenters. The van der Waals surface area contributed by atoms with Crippen molar-refractivity contribution in [3.8, 4) is 6.07 Å². The zero-order chi connectivity index (χ0) is 9.42. The molecule has 1 aromatic heterocycles. The topological polar surface area (TPSA) is 49.6 Å². The van der Waals surface area contributed by atoms with E-state index in [1.54, 1.807) is 6.07 Å². The lowest BCUT2D eigenvalue weighted by Gasteiger charge is -1.96. The Balaban J connectivity index is 2.95. The van der Waals surface area contributed by atoms with Crippen molar-refractivity contribution in [1.82, 2.24) is 8.75 Å². The van der Waals surface area contributed by atoms with Crippen LogP contribution in [0, 0.1) is 11.3 Å². The lowest BCUT2D eigenvalue weighted by Crippen LogP contribution is -1.81. The largest absolute Gasteiger partial charge is 0.192 e. The Morgan fingerprint density at radius 1 is 1.31 bits per heavy atom. The van der Waals surface area contributed by atoms with Crippen LogP contribution in [0.2, 0.25) is 0 Å². The summed E-state index contributed by atoms with van der Waals surface area (Å²) in [6, 6.07) is 3.81. The molecule has 6 heteroatoms. The summed E-state index contributed by atoms with van der Waals surface area (Å²) >= 11 is 7.78. The highest BCUT2D eigenvalue weighted by molar-refractivity contribution is 9.11. The van der Waals surface area contributed by atoms with Crippen molar-refractivity contribution < 1.29 is 0 Å². The average Bonchev–Trinajstić information content (AvgIpc) is 2.60. The first kappa shape index (κ1) is 9.06. The van der Waals surface area contributed by atoms with E-state index in [4.69, 9.17) is 5.26 Å². The third-order valence-electron chi connectivity index (χ3n) is 1.55. The van der Waals surface area contributed by atoms with Gasteiger partial charge < -0.3 is 0 Å². The molecule has 1 heterocycles. The summed E-state index contributed by atoms with van der Waals surface area (Å²) in [5.74, 6) is 0. The molecule has 0 N–H and O–H groups in total. The molecule has 0 saturated carbocycles. The van der Waals surface area contributed by atoms with E-state index in [1.807, 2.05) is 0 Å². The zero-order valence-electron chi connectivity index (χ0n) is 6.08. The first-order chi connectivity index (χ1) is 6.24. The summed E-state index contributed by atoms with van der Waals surface area (Å²) in [7, 11) is 0. The van der Waals surface area contributed by atoms with Crippen LogP contribution in [0.15, 0.2) is 15.0 Å². The van der Waals surface area contributed by atoms with Crippen LogP contribution in [0.25, 0.3) is 11.0 Å². The van der Waals surface area contributed by atoms with E-state index in [0.29, 0.717) is 10.0 Å². The van der Waals surface area contributed by atoms with Crippen LogP contribution in [0.5, 0.6) is 0 Å². The number of fused-ring (bicyclic) bond motifs is 1. The molecule has 0 radical (unpaired) electrons. The predicted molar refractivity (Wildman–Crippen MR) is 57.5 cm³/mol. The van der Waals surface area contributed by atoms with Crippen LogP contribution >= 0.6 is 43.6 Å². The van der Waals surface area contributed by atoms with Gasteiger partial charge in [0, 0.05) is 4.47 Å². The second-order valence-electron chi connectivity index (χ2n) is 2.29. The summed E-state index contributed by atoms with van der Waals surface area (Å²) in [5.41, 5.74) is 2.08. The second kappa shape index (κ2) is 3.33. The van der Waals surface area contributed by atoms with Gasteiger partial charge in [0.05, 0.1) is 21.8 Å². The fourth-order valence-electron chi connectivity index (χ4n) is 0.957. The third-order valence-corrected chi connectivity index (χ3v) is 3.49. The molecule has 64 valence electrons. The molecule has 1 aromatic carbocycles. The molecule has 0 aliphatic heterocycles. The van der Waals surface area contributed by atoms with E-state index < -0.39 is 0 Å². The number of aromatic nitrogens is 2.